The second kappa shape index (κ2) is 6.05. The summed E-state index contributed by atoms with van der Waals surface area (Å²) in [5.41, 5.74) is 5.87. The van der Waals surface area contributed by atoms with Crippen LogP contribution in [0.5, 0.6) is 0 Å². The summed E-state index contributed by atoms with van der Waals surface area (Å²) in [5.74, 6) is 0.741. The van der Waals surface area contributed by atoms with Crippen molar-refractivity contribution >= 4 is 5.97 Å². The summed E-state index contributed by atoms with van der Waals surface area (Å²) < 4.78 is 5.66. The highest BCUT2D eigenvalue weighted by Crippen LogP contribution is 2.43. The molecule has 0 bridgehead atoms. The van der Waals surface area contributed by atoms with Crippen LogP contribution in [0.1, 0.15) is 64.7 Å². The van der Waals surface area contributed by atoms with Crippen LogP contribution >= 0.6 is 0 Å². The number of hydrogen-bond donors (Lipinski definition) is 1. The Labute approximate surface area is 110 Å². The van der Waals surface area contributed by atoms with E-state index in [-0.39, 0.29) is 17.5 Å². The molecule has 0 aliphatic heterocycles. The van der Waals surface area contributed by atoms with Crippen molar-refractivity contribution in [3.8, 4) is 0 Å². The molecule has 2 unspecified atom stereocenters. The van der Waals surface area contributed by atoms with Gasteiger partial charge in [-0.1, -0.05) is 26.2 Å². The molecule has 0 saturated heterocycles. The van der Waals surface area contributed by atoms with E-state index < -0.39 is 0 Å². The molecule has 104 valence electrons. The first-order valence-corrected chi connectivity index (χ1v) is 7.57. The molecular weight excluding hydrogens is 226 g/mol. The average molecular weight is 253 g/mol. The van der Waals surface area contributed by atoms with Crippen LogP contribution in [0.2, 0.25) is 0 Å². The maximum atomic E-state index is 12.0. The highest BCUT2D eigenvalue weighted by molar-refractivity contribution is 5.70. The molecule has 2 rings (SSSR count). The molecule has 0 aromatic rings. The van der Waals surface area contributed by atoms with Crippen LogP contribution in [-0.4, -0.2) is 18.6 Å². The van der Waals surface area contributed by atoms with Gasteiger partial charge < -0.3 is 10.5 Å². The lowest BCUT2D eigenvalue weighted by Gasteiger charge is -2.40. The third-order valence-corrected chi connectivity index (χ3v) is 4.98. The van der Waals surface area contributed by atoms with Gasteiger partial charge in [-0.25, -0.2) is 0 Å². The molecule has 0 radical (unpaired) electrons. The van der Waals surface area contributed by atoms with Gasteiger partial charge in [-0.3, -0.25) is 4.79 Å². The molecule has 0 aromatic carbocycles. The van der Waals surface area contributed by atoms with E-state index in [1.807, 2.05) is 0 Å². The molecule has 2 aliphatic carbocycles. The number of carbonyl (C=O) groups excluding carboxylic acids is 1. The predicted octanol–water partition coefficient (Wildman–Crippen LogP) is 3.02. The molecule has 0 spiro atoms. The largest absolute Gasteiger partial charge is 0.462 e. The molecule has 2 fully saturated rings. The summed E-state index contributed by atoms with van der Waals surface area (Å²) in [4.78, 5) is 12.0. The van der Waals surface area contributed by atoms with Crippen LogP contribution in [0.4, 0.5) is 0 Å². The molecule has 0 aromatic heterocycles. The van der Waals surface area contributed by atoms with Crippen molar-refractivity contribution in [2.75, 3.05) is 6.54 Å². The fourth-order valence-corrected chi connectivity index (χ4v) is 3.38. The van der Waals surface area contributed by atoms with Crippen molar-refractivity contribution in [3.63, 3.8) is 0 Å². The molecule has 2 N–H and O–H groups in total. The zero-order valence-electron chi connectivity index (χ0n) is 11.6. The molecule has 0 heterocycles. The SMILES string of the molecule is CCC1CCCC(OC(=O)CC2(CN)CCC2)C1. The predicted molar refractivity (Wildman–Crippen MR) is 72.1 cm³/mol. The number of carbonyl (C=O) groups is 1. The van der Waals surface area contributed by atoms with Gasteiger partial charge in [-0.15, -0.1) is 0 Å². The van der Waals surface area contributed by atoms with Crippen molar-refractivity contribution in [3.05, 3.63) is 0 Å². The Morgan fingerprint density at radius 3 is 2.67 bits per heavy atom. The van der Waals surface area contributed by atoms with E-state index >= 15 is 0 Å². The van der Waals surface area contributed by atoms with Gasteiger partial charge in [0.25, 0.3) is 0 Å². The minimum Gasteiger partial charge on any atom is -0.462 e. The zero-order chi connectivity index (χ0) is 13.0. The van der Waals surface area contributed by atoms with Crippen molar-refractivity contribution in [2.45, 2.75) is 70.8 Å². The average Bonchev–Trinajstić information content (AvgIpc) is 2.34. The quantitative estimate of drug-likeness (QED) is 0.766. The number of ether oxygens (including phenoxy) is 1. The van der Waals surface area contributed by atoms with Crippen molar-refractivity contribution in [2.24, 2.45) is 17.1 Å². The lowest BCUT2D eigenvalue weighted by Crippen LogP contribution is -2.40. The molecule has 2 aliphatic rings. The Balaban J connectivity index is 1.76. The summed E-state index contributed by atoms with van der Waals surface area (Å²) in [6, 6.07) is 0. The number of rotatable bonds is 5. The lowest BCUT2D eigenvalue weighted by molar-refractivity contribution is -0.155. The van der Waals surface area contributed by atoms with Crippen molar-refractivity contribution < 1.29 is 9.53 Å². The first-order chi connectivity index (χ1) is 8.67. The molecule has 3 nitrogen and oxygen atoms in total. The molecular formula is C15H27NO2. The lowest BCUT2D eigenvalue weighted by atomic mass is 9.67. The van der Waals surface area contributed by atoms with E-state index in [2.05, 4.69) is 6.92 Å². The van der Waals surface area contributed by atoms with Crippen LogP contribution in [0.3, 0.4) is 0 Å². The molecule has 3 heteroatoms. The highest BCUT2D eigenvalue weighted by Gasteiger charge is 2.38. The van der Waals surface area contributed by atoms with Gasteiger partial charge in [0.1, 0.15) is 6.10 Å². The number of hydrogen-bond acceptors (Lipinski definition) is 3. The molecule has 18 heavy (non-hydrogen) atoms. The second-order valence-corrected chi connectivity index (χ2v) is 6.29. The molecule has 2 atom stereocenters. The second-order valence-electron chi connectivity index (χ2n) is 6.29. The summed E-state index contributed by atoms with van der Waals surface area (Å²) in [5, 5.41) is 0. The van der Waals surface area contributed by atoms with E-state index in [9.17, 15) is 4.79 Å². The zero-order valence-corrected chi connectivity index (χ0v) is 11.6. The minimum absolute atomic E-state index is 0.0121. The Hall–Kier alpha value is -0.570. The van der Waals surface area contributed by atoms with Gasteiger partial charge >= 0.3 is 5.97 Å². The van der Waals surface area contributed by atoms with E-state index in [1.165, 1.54) is 25.7 Å². The monoisotopic (exact) mass is 253 g/mol. The summed E-state index contributed by atoms with van der Waals surface area (Å²) >= 11 is 0. The highest BCUT2D eigenvalue weighted by atomic mass is 16.5. The van der Waals surface area contributed by atoms with Crippen LogP contribution in [-0.2, 0) is 9.53 Å². The summed E-state index contributed by atoms with van der Waals surface area (Å²) in [7, 11) is 0. The maximum absolute atomic E-state index is 12.0. The maximum Gasteiger partial charge on any atom is 0.306 e. The Morgan fingerprint density at radius 2 is 2.11 bits per heavy atom. The van der Waals surface area contributed by atoms with Crippen LogP contribution < -0.4 is 5.73 Å². The van der Waals surface area contributed by atoms with Crippen LogP contribution in [0, 0.1) is 11.3 Å². The first kappa shape index (κ1) is 13.9. The Bertz CT molecular complexity index is 281. The van der Waals surface area contributed by atoms with Gasteiger partial charge in [-0.2, -0.15) is 0 Å². The van der Waals surface area contributed by atoms with Crippen molar-refractivity contribution in [1.82, 2.24) is 0 Å². The standard InChI is InChI=1S/C15H27NO2/c1-2-12-5-3-6-13(9-12)18-14(17)10-15(11-16)7-4-8-15/h12-13H,2-11,16H2,1H3. The minimum atomic E-state index is -0.0121. The van der Waals surface area contributed by atoms with Gasteiger partial charge in [0.2, 0.25) is 0 Å². The summed E-state index contributed by atoms with van der Waals surface area (Å²) in [6.07, 6.45) is 9.96. The van der Waals surface area contributed by atoms with Crippen LogP contribution in [0.15, 0.2) is 0 Å². The normalized spacial score (nSPS) is 30.6. The number of esters is 1. The smallest absolute Gasteiger partial charge is 0.306 e. The van der Waals surface area contributed by atoms with E-state index in [0.29, 0.717) is 13.0 Å². The van der Waals surface area contributed by atoms with E-state index in [4.69, 9.17) is 10.5 Å². The topological polar surface area (TPSA) is 52.3 Å². The Kier molecular flexibility index (Phi) is 4.66. The van der Waals surface area contributed by atoms with Gasteiger partial charge in [0.05, 0.1) is 6.42 Å². The number of nitrogens with two attached hydrogens (primary N) is 1. The summed E-state index contributed by atoms with van der Waals surface area (Å²) in [6.45, 7) is 2.86. The van der Waals surface area contributed by atoms with E-state index in [1.54, 1.807) is 0 Å². The Morgan fingerprint density at radius 1 is 1.33 bits per heavy atom. The van der Waals surface area contributed by atoms with Crippen LogP contribution in [0.25, 0.3) is 0 Å². The third kappa shape index (κ3) is 3.25. The van der Waals surface area contributed by atoms with Crippen molar-refractivity contribution in [1.29, 1.82) is 0 Å². The fourth-order valence-electron chi connectivity index (χ4n) is 3.38. The fraction of sp³-hybridized carbons (Fsp3) is 0.933. The van der Waals surface area contributed by atoms with Gasteiger partial charge in [0, 0.05) is 0 Å². The first-order valence-electron chi connectivity index (χ1n) is 7.57. The van der Waals surface area contributed by atoms with Gasteiger partial charge in [-0.05, 0) is 50.0 Å². The third-order valence-electron chi connectivity index (χ3n) is 4.98. The van der Waals surface area contributed by atoms with E-state index in [0.717, 1.165) is 31.6 Å². The molecule has 2 saturated carbocycles. The van der Waals surface area contributed by atoms with Gasteiger partial charge in [0.15, 0.2) is 0 Å². The molecule has 0 amide bonds.